The van der Waals surface area contributed by atoms with Crippen molar-refractivity contribution in [2.45, 2.75) is 6.61 Å². The highest BCUT2D eigenvalue weighted by Crippen LogP contribution is 2.07. The highest BCUT2D eigenvalue weighted by Gasteiger charge is 1.93. The fraction of sp³-hybridized carbons (Fsp3) is 0.200. The average Bonchev–Trinajstić information content (AvgIpc) is 2.41. The lowest BCUT2D eigenvalue weighted by Crippen LogP contribution is -2.06. The second-order valence-electron chi connectivity index (χ2n) is 3.62. The first kappa shape index (κ1) is 11.7. The van der Waals surface area contributed by atoms with Crippen molar-refractivity contribution in [3.8, 4) is 5.75 Å². The van der Waals surface area contributed by atoms with Gasteiger partial charge in [-0.2, -0.15) is 0 Å². The highest BCUT2D eigenvalue weighted by molar-refractivity contribution is 5.20. The minimum absolute atomic E-state index is 0.572. The van der Waals surface area contributed by atoms with Crippen molar-refractivity contribution in [2.24, 2.45) is 0 Å². The van der Waals surface area contributed by atoms with Crippen molar-refractivity contribution in [1.29, 1.82) is 0 Å². The lowest BCUT2D eigenvalue weighted by atomic mass is 10.2. The summed E-state index contributed by atoms with van der Waals surface area (Å²) < 4.78 is 11.0. The molecule has 0 saturated carbocycles. The summed E-state index contributed by atoms with van der Waals surface area (Å²) in [6, 6.07) is 20.5. The van der Waals surface area contributed by atoms with Gasteiger partial charge in [-0.3, -0.25) is 0 Å². The van der Waals surface area contributed by atoms with E-state index in [0.717, 1.165) is 11.3 Å². The standard InChI is InChI=1S/C15H15O2/c1-3-7-14(8-4-1)13-16-11-12-17-15-9-5-2-6-10-15/h2-10H,11-13H2. The zero-order valence-corrected chi connectivity index (χ0v) is 9.63. The summed E-state index contributed by atoms with van der Waals surface area (Å²) in [7, 11) is 0. The number of hydrogen-bond acceptors (Lipinski definition) is 2. The van der Waals surface area contributed by atoms with Crippen molar-refractivity contribution < 1.29 is 9.47 Å². The van der Waals surface area contributed by atoms with E-state index in [1.54, 1.807) is 0 Å². The molecule has 2 heteroatoms. The largest absolute Gasteiger partial charge is 0.491 e. The molecule has 0 amide bonds. The van der Waals surface area contributed by atoms with E-state index in [-0.39, 0.29) is 0 Å². The van der Waals surface area contributed by atoms with Gasteiger partial charge in [0.2, 0.25) is 0 Å². The third-order valence-electron chi connectivity index (χ3n) is 2.30. The van der Waals surface area contributed by atoms with Gasteiger partial charge in [0.15, 0.2) is 0 Å². The molecule has 0 fully saturated rings. The predicted molar refractivity (Wildman–Crippen MR) is 66.9 cm³/mol. The fourth-order valence-corrected chi connectivity index (χ4v) is 1.44. The molecule has 0 saturated heterocycles. The summed E-state index contributed by atoms with van der Waals surface area (Å²) >= 11 is 0. The van der Waals surface area contributed by atoms with Crippen LogP contribution in [0.2, 0.25) is 0 Å². The predicted octanol–water partition coefficient (Wildman–Crippen LogP) is 3.08. The lowest BCUT2D eigenvalue weighted by molar-refractivity contribution is 0.0889. The topological polar surface area (TPSA) is 18.5 Å². The molecule has 2 aromatic rings. The molecule has 2 nitrogen and oxygen atoms in total. The van der Waals surface area contributed by atoms with Crippen molar-refractivity contribution in [3.63, 3.8) is 0 Å². The van der Waals surface area contributed by atoms with E-state index in [2.05, 4.69) is 6.07 Å². The van der Waals surface area contributed by atoms with Crippen molar-refractivity contribution in [2.75, 3.05) is 13.2 Å². The van der Waals surface area contributed by atoms with Gasteiger partial charge in [-0.15, -0.1) is 0 Å². The summed E-state index contributed by atoms with van der Waals surface area (Å²) in [5, 5.41) is 0. The fourth-order valence-electron chi connectivity index (χ4n) is 1.44. The molecule has 0 aliphatic rings. The van der Waals surface area contributed by atoms with E-state index < -0.39 is 0 Å². The monoisotopic (exact) mass is 227 g/mol. The third kappa shape index (κ3) is 4.29. The van der Waals surface area contributed by atoms with Crippen LogP contribution in [0.3, 0.4) is 0 Å². The normalized spacial score (nSPS) is 10.1. The maximum Gasteiger partial charge on any atom is 0.119 e. The van der Waals surface area contributed by atoms with E-state index in [4.69, 9.17) is 9.47 Å². The van der Waals surface area contributed by atoms with Crippen molar-refractivity contribution in [1.82, 2.24) is 0 Å². The number of benzene rings is 2. The summed E-state index contributed by atoms with van der Waals surface area (Å²) in [5.74, 6) is 0.880. The van der Waals surface area contributed by atoms with Gasteiger partial charge < -0.3 is 9.47 Å². The highest BCUT2D eigenvalue weighted by atomic mass is 16.5. The first-order valence-corrected chi connectivity index (χ1v) is 5.66. The van der Waals surface area contributed by atoms with E-state index >= 15 is 0 Å². The van der Waals surface area contributed by atoms with Crippen LogP contribution in [-0.4, -0.2) is 13.2 Å². The Labute approximate surface area is 102 Å². The Bertz CT molecular complexity index is 370. The van der Waals surface area contributed by atoms with Gasteiger partial charge in [0, 0.05) is 0 Å². The molecule has 1 radical (unpaired) electrons. The number of hydrogen-bond donors (Lipinski definition) is 0. The van der Waals surface area contributed by atoms with Gasteiger partial charge >= 0.3 is 0 Å². The minimum Gasteiger partial charge on any atom is -0.491 e. The molecule has 2 aromatic carbocycles. The summed E-state index contributed by atoms with van der Waals surface area (Å²) in [4.78, 5) is 0. The summed E-state index contributed by atoms with van der Waals surface area (Å²) in [6.07, 6.45) is 0. The Morgan fingerprint density at radius 1 is 0.882 bits per heavy atom. The Morgan fingerprint density at radius 2 is 1.65 bits per heavy atom. The van der Waals surface area contributed by atoms with Gasteiger partial charge in [-0.05, 0) is 23.8 Å². The smallest absolute Gasteiger partial charge is 0.119 e. The van der Waals surface area contributed by atoms with Crippen LogP contribution in [0, 0.1) is 6.07 Å². The van der Waals surface area contributed by atoms with Gasteiger partial charge in [-0.1, -0.05) is 42.5 Å². The number of para-hydroxylation sites is 1. The molecule has 2 rings (SSSR count). The van der Waals surface area contributed by atoms with Crippen molar-refractivity contribution >= 4 is 0 Å². The zero-order chi connectivity index (χ0) is 11.8. The van der Waals surface area contributed by atoms with Crippen LogP contribution >= 0.6 is 0 Å². The summed E-state index contributed by atoms with van der Waals surface area (Å²) in [6.45, 7) is 1.78. The minimum atomic E-state index is 0.572. The molecule has 0 atom stereocenters. The Hall–Kier alpha value is -1.80. The molecular formula is C15H15O2. The quantitative estimate of drug-likeness (QED) is 0.706. The third-order valence-corrected chi connectivity index (χ3v) is 2.30. The molecule has 0 unspecified atom stereocenters. The van der Waals surface area contributed by atoms with Crippen molar-refractivity contribution in [3.05, 3.63) is 66.2 Å². The number of ether oxygens (including phenoxy) is 2. The molecule has 0 aliphatic carbocycles. The SMILES string of the molecule is [c]1ccc(COCCOc2ccccc2)cc1. The average molecular weight is 227 g/mol. The molecule has 0 aliphatic heterocycles. The molecule has 0 aromatic heterocycles. The van der Waals surface area contributed by atoms with Crippen LogP contribution in [0.1, 0.15) is 5.56 Å². The second-order valence-corrected chi connectivity index (χ2v) is 3.62. The molecule has 0 N–H and O–H groups in total. The van der Waals surface area contributed by atoms with Gasteiger partial charge in [0.25, 0.3) is 0 Å². The van der Waals surface area contributed by atoms with Gasteiger partial charge in [0.1, 0.15) is 12.4 Å². The van der Waals surface area contributed by atoms with Crippen LogP contribution in [-0.2, 0) is 11.3 Å². The Morgan fingerprint density at radius 3 is 2.41 bits per heavy atom. The van der Waals surface area contributed by atoms with Gasteiger partial charge in [-0.25, -0.2) is 0 Å². The van der Waals surface area contributed by atoms with Crippen LogP contribution in [0.15, 0.2) is 54.6 Å². The Balaban J connectivity index is 1.61. The van der Waals surface area contributed by atoms with E-state index in [1.165, 1.54) is 0 Å². The van der Waals surface area contributed by atoms with Crippen LogP contribution < -0.4 is 4.74 Å². The maximum atomic E-state index is 5.51. The zero-order valence-electron chi connectivity index (χ0n) is 9.63. The molecule has 87 valence electrons. The van der Waals surface area contributed by atoms with E-state index in [9.17, 15) is 0 Å². The molecule has 0 bridgehead atoms. The first-order chi connectivity index (χ1) is 8.45. The molecule has 0 spiro atoms. The van der Waals surface area contributed by atoms with Gasteiger partial charge in [0.05, 0.1) is 13.2 Å². The molecule has 0 heterocycles. The summed E-state index contributed by atoms with van der Waals surface area (Å²) in [5.41, 5.74) is 1.16. The van der Waals surface area contributed by atoms with Crippen LogP contribution in [0.5, 0.6) is 5.75 Å². The maximum absolute atomic E-state index is 5.51. The number of rotatable bonds is 6. The van der Waals surface area contributed by atoms with E-state index in [0.29, 0.717) is 19.8 Å². The first-order valence-electron chi connectivity index (χ1n) is 5.66. The van der Waals surface area contributed by atoms with E-state index in [1.807, 2.05) is 54.6 Å². The Kier molecular flexibility index (Phi) is 4.61. The molecule has 17 heavy (non-hydrogen) atoms. The lowest BCUT2D eigenvalue weighted by Gasteiger charge is -2.06. The second kappa shape index (κ2) is 6.71. The van der Waals surface area contributed by atoms with Crippen LogP contribution in [0.25, 0.3) is 0 Å². The molecular weight excluding hydrogens is 212 g/mol. The van der Waals surface area contributed by atoms with Crippen LogP contribution in [0.4, 0.5) is 0 Å².